The van der Waals surface area contributed by atoms with Gasteiger partial charge in [0.15, 0.2) is 0 Å². The average Bonchev–Trinajstić information content (AvgIpc) is 2.59. The van der Waals surface area contributed by atoms with Gasteiger partial charge in [-0.2, -0.15) is 0 Å². The van der Waals surface area contributed by atoms with Crippen molar-refractivity contribution < 1.29 is 34.5 Å². The quantitative estimate of drug-likeness (QED) is 0.423. The first-order chi connectivity index (χ1) is 13.7. The lowest BCUT2D eigenvalue weighted by Crippen LogP contribution is -2.44. The van der Waals surface area contributed by atoms with Crippen molar-refractivity contribution in [2.45, 2.75) is 13.3 Å². The molecule has 1 rings (SSSR count). The van der Waals surface area contributed by atoms with E-state index in [-0.39, 0.29) is 32.0 Å². The molecule has 1 aliphatic rings. The van der Waals surface area contributed by atoms with Gasteiger partial charge in [0, 0.05) is 52.4 Å². The van der Waals surface area contributed by atoms with Crippen molar-refractivity contribution in [2.75, 3.05) is 78.5 Å². The lowest BCUT2D eigenvalue weighted by molar-refractivity contribution is -0.140. The predicted molar refractivity (Wildman–Crippen MR) is 104 cm³/mol. The molecule has 3 N–H and O–H groups in total. The Hall–Kier alpha value is -2.08. The zero-order chi connectivity index (χ0) is 21.8. The van der Waals surface area contributed by atoms with Crippen LogP contribution in [-0.2, 0) is 19.2 Å². The molecule has 0 saturated carbocycles. The third-order valence-electron chi connectivity index (χ3n) is 4.67. The molecule has 0 bridgehead atoms. The SMILES string of the molecule is CC(=O)CN1CCN(CC(=O)O)CCCN(CC(=O)O)CCN(CC(=O)O)CC1. The Kier molecular flexibility index (Phi) is 11.4. The van der Waals surface area contributed by atoms with Crippen LogP contribution >= 0.6 is 0 Å². The van der Waals surface area contributed by atoms with E-state index in [1.54, 1.807) is 14.7 Å². The van der Waals surface area contributed by atoms with Crippen LogP contribution in [0.15, 0.2) is 0 Å². The van der Waals surface area contributed by atoms with Gasteiger partial charge in [-0.15, -0.1) is 0 Å². The van der Waals surface area contributed by atoms with E-state index in [0.717, 1.165) is 0 Å². The number of hydrogen-bond acceptors (Lipinski definition) is 8. The largest absolute Gasteiger partial charge is 0.480 e. The van der Waals surface area contributed by atoms with E-state index in [1.165, 1.54) is 6.92 Å². The van der Waals surface area contributed by atoms with Gasteiger partial charge < -0.3 is 15.3 Å². The normalized spacial score (nSPS) is 19.6. The molecular weight excluding hydrogens is 384 g/mol. The van der Waals surface area contributed by atoms with Crippen LogP contribution in [0.25, 0.3) is 0 Å². The van der Waals surface area contributed by atoms with Crippen LogP contribution in [0.2, 0.25) is 0 Å². The van der Waals surface area contributed by atoms with Crippen molar-refractivity contribution in [3.8, 4) is 0 Å². The average molecular weight is 416 g/mol. The van der Waals surface area contributed by atoms with E-state index in [9.17, 15) is 19.2 Å². The molecule has 1 fully saturated rings. The van der Waals surface area contributed by atoms with Crippen molar-refractivity contribution in [2.24, 2.45) is 0 Å². The van der Waals surface area contributed by atoms with Crippen LogP contribution < -0.4 is 0 Å². The highest BCUT2D eigenvalue weighted by atomic mass is 16.4. The summed E-state index contributed by atoms with van der Waals surface area (Å²) in [6, 6.07) is 0. The fourth-order valence-corrected chi connectivity index (χ4v) is 3.33. The Balaban J connectivity index is 2.92. The number of nitrogens with zero attached hydrogens (tertiary/aromatic N) is 4. The molecule has 11 nitrogen and oxygen atoms in total. The Bertz CT molecular complexity index is 524. The second-order valence-corrected chi connectivity index (χ2v) is 7.34. The molecule has 0 spiro atoms. The maximum absolute atomic E-state index is 11.6. The zero-order valence-electron chi connectivity index (χ0n) is 17.0. The topological polar surface area (TPSA) is 142 Å². The number of Topliss-reactive ketones (excluding diaryl/α,β-unsaturated/α-hetero) is 1. The number of carbonyl (C=O) groups is 4. The molecule has 0 aromatic heterocycles. The maximum Gasteiger partial charge on any atom is 0.317 e. The van der Waals surface area contributed by atoms with Crippen LogP contribution in [0.1, 0.15) is 13.3 Å². The summed E-state index contributed by atoms with van der Waals surface area (Å²) >= 11 is 0. The van der Waals surface area contributed by atoms with Crippen molar-refractivity contribution in [1.29, 1.82) is 0 Å². The lowest BCUT2D eigenvalue weighted by atomic mass is 10.3. The molecule has 0 aliphatic carbocycles. The first kappa shape index (κ1) is 25.0. The van der Waals surface area contributed by atoms with Gasteiger partial charge in [-0.1, -0.05) is 0 Å². The summed E-state index contributed by atoms with van der Waals surface area (Å²) in [5.41, 5.74) is 0. The van der Waals surface area contributed by atoms with E-state index in [2.05, 4.69) is 0 Å². The second-order valence-electron chi connectivity index (χ2n) is 7.34. The number of hydrogen-bond donors (Lipinski definition) is 3. The lowest BCUT2D eigenvalue weighted by Gasteiger charge is -2.28. The fraction of sp³-hybridized carbons (Fsp3) is 0.778. The number of carboxylic acid groups (broad SMARTS) is 3. The summed E-state index contributed by atoms with van der Waals surface area (Å²) in [5, 5.41) is 27.4. The molecule has 29 heavy (non-hydrogen) atoms. The van der Waals surface area contributed by atoms with E-state index in [4.69, 9.17) is 15.3 Å². The standard InChI is InChI=1S/C18H32N4O7/c1-15(23)11-21-7-5-19(12-16(24)25)3-2-4-20(13-17(26)27)6-9-22(10-8-21)14-18(28)29/h2-14H2,1H3,(H,24,25)(H,26,27)(H,28,29). The summed E-state index contributed by atoms with van der Waals surface area (Å²) in [7, 11) is 0. The van der Waals surface area contributed by atoms with Crippen LogP contribution in [0.5, 0.6) is 0 Å². The molecule has 0 aromatic rings. The maximum atomic E-state index is 11.6. The number of rotatable bonds is 8. The van der Waals surface area contributed by atoms with E-state index in [0.29, 0.717) is 58.8 Å². The number of ketones is 1. The molecule has 0 unspecified atom stereocenters. The summed E-state index contributed by atoms with van der Waals surface area (Å²) in [5.74, 6) is -2.89. The molecular formula is C18H32N4O7. The molecule has 0 atom stereocenters. The van der Waals surface area contributed by atoms with E-state index in [1.807, 2.05) is 4.90 Å². The highest BCUT2D eigenvalue weighted by molar-refractivity contribution is 5.77. The van der Waals surface area contributed by atoms with Crippen LogP contribution in [0.4, 0.5) is 0 Å². The number of carbonyl (C=O) groups excluding carboxylic acids is 1. The summed E-state index contributed by atoms with van der Waals surface area (Å²) in [6.45, 7) is 4.83. The minimum Gasteiger partial charge on any atom is -0.480 e. The molecule has 0 amide bonds. The van der Waals surface area contributed by atoms with E-state index >= 15 is 0 Å². The summed E-state index contributed by atoms with van der Waals surface area (Å²) < 4.78 is 0. The van der Waals surface area contributed by atoms with Crippen molar-refractivity contribution in [1.82, 2.24) is 19.6 Å². The van der Waals surface area contributed by atoms with Crippen molar-refractivity contribution in [3.05, 3.63) is 0 Å². The molecule has 0 radical (unpaired) electrons. The zero-order valence-corrected chi connectivity index (χ0v) is 17.0. The van der Waals surface area contributed by atoms with Crippen molar-refractivity contribution >= 4 is 23.7 Å². The molecule has 1 saturated heterocycles. The highest BCUT2D eigenvalue weighted by Gasteiger charge is 2.19. The van der Waals surface area contributed by atoms with Gasteiger partial charge in [0.1, 0.15) is 5.78 Å². The monoisotopic (exact) mass is 416 g/mol. The second kappa shape index (κ2) is 13.2. The predicted octanol–water partition coefficient (Wildman–Crippen LogP) is -1.56. The highest BCUT2D eigenvalue weighted by Crippen LogP contribution is 2.02. The Morgan fingerprint density at radius 2 is 0.828 bits per heavy atom. The van der Waals surface area contributed by atoms with Crippen LogP contribution in [-0.4, -0.2) is 137 Å². The Labute approximate surface area is 170 Å². The van der Waals surface area contributed by atoms with Gasteiger partial charge in [-0.25, -0.2) is 0 Å². The van der Waals surface area contributed by atoms with Crippen LogP contribution in [0.3, 0.4) is 0 Å². The first-order valence-electron chi connectivity index (χ1n) is 9.70. The third kappa shape index (κ3) is 12.2. The fourth-order valence-electron chi connectivity index (χ4n) is 3.33. The van der Waals surface area contributed by atoms with Gasteiger partial charge in [-0.05, 0) is 13.3 Å². The first-order valence-corrected chi connectivity index (χ1v) is 9.70. The van der Waals surface area contributed by atoms with Gasteiger partial charge in [0.25, 0.3) is 0 Å². The Morgan fingerprint density at radius 3 is 1.10 bits per heavy atom. The minimum atomic E-state index is -0.968. The van der Waals surface area contributed by atoms with Gasteiger partial charge in [-0.3, -0.25) is 38.8 Å². The molecule has 11 heteroatoms. The third-order valence-corrected chi connectivity index (χ3v) is 4.67. The van der Waals surface area contributed by atoms with Gasteiger partial charge in [0.05, 0.1) is 26.2 Å². The molecule has 0 aromatic carbocycles. The number of carboxylic acids is 3. The summed E-state index contributed by atoms with van der Waals surface area (Å²) in [4.78, 5) is 52.2. The van der Waals surface area contributed by atoms with Crippen molar-refractivity contribution in [3.63, 3.8) is 0 Å². The smallest absolute Gasteiger partial charge is 0.317 e. The minimum absolute atomic E-state index is 0.0171. The number of aliphatic carboxylic acids is 3. The van der Waals surface area contributed by atoms with Crippen LogP contribution in [0, 0.1) is 0 Å². The van der Waals surface area contributed by atoms with E-state index < -0.39 is 17.9 Å². The molecule has 1 aliphatic heterocycles. The van der Waals surface area contributed by atoms with Gasteiger partial charge in [0.2, 0.25) is 0 Å². The van der Waals surface area contributed by atoms with Gasteiger partial charge >= 0.3 is 17.9 Å². The molecule has 166 valence electrons. The molecule has 1 heterocycles. The Morgan fingerprint density at radius 1 is 0.552 bits per heavy atom. The summed E-state index contributed by atoms with van der Waals surface area (Å²) in [6.07, 6.45) is 0.589.